The Labute approximate surface area is 122 Å². The van der Waals surface area contributed by atoms with Gasteiger partial charge in [-0.05, 0) is 18.1 Å². The van der Waals surface area contributed by atoms with E-state index in [9.17, 15) is 4.79 Å². The molecule has 0 saturated heterocycles. The van der Waals surface area contributed by atoms with E-state index in [0.717, 1.165) is 12.0 Å². The number of fused-ring (bicyclic) bond motifs is 1. The minimum absolute atomic E-state index is 0.0160. The van der Waals surface area contributed by atoms with Crippen LogP contribution in [0.15, 0.2) is 42.6 Å². The topological polar surface area (TPSA) is 54.0 Å². The average molecular weight is 288 g/mol. The van der Waals surface area contributed by atoms with E-state index in [1.807, 2.05) is 30.3 Å². The van der Waals surface area contributed by atoms with Gasteiger partial charge in [-0.2, -0.15) is 0 Å². The number of anilines is 2. The SMILES string of the molecule is O=C1CCC(c2ccccc2)Nc2ncc(Cl)cc2N1. The zero-order valence-corrected chi connectivity index (χ0v) is 11.5. The highest BCUT2D eigenvalue weighted by Gasteiger charge is 2.20. The monoisotopic (exact) mass is 287 g/mol. The maximum atomic E-state index is 11.9. The Morgan fingerprint density at radius 1 is 1.25 bits per heavy atom. The van der Waals surface area contributed by atoms with Crippen LogP contribution in [-0.2, 0) is 4.79 Å². The van der Waals surface area contributed by atoms with Crippen molar-refractivity contribution in [1.29, 1.82) is 0 Å². The lowest BCUT2D eigenvalue weighted by molar-refractivity contribution is -0.116. The summed E-state index contributed by atoms with van der Waals surface area (Å²) in [6, 6.07) is 11.8. The lowest BCUT2D eigenvalue weighted by Gasteiger charge is -2.24. The fraction of sp³-hybridized carbons (Fsp3) is 0.200. The van der Waals surface area contributed by atoms with Crippen LogP contribution in [0, 0.1) is 0 Å². The highest BCUT2D eigenvalue weighted by atomic mass is 35.5. The third-order valence-electron chi connectivity index (χ3n) is 3.30. The molecule has 1 aliphatic heterocycles. The molecule has 1 aromatic heterocycles. The maximum Gasteiger partial charge on any atom is 0.224 e. The molecule has 1 aliphatic rings. The molecule has 2 heterocycles. The highest BCUT2D eigenvalue weighted by Crippen LogP contribution is 2.31. The Balaban J connectivity index is 1.97. The number of nitrogens with one attached hydrogen (secondary N) is 2. The van der Waals surface area contributed by atoms with Crippen molar-refractivity contribution in [2.45, 2.75) is 18.9 Å². The fourth-order valence-electron chi connectivity index (χ4n) is 2.31. The number of nitrogens with zero attached hydrogens (tertiary/aromatic N) is 1. The molecule has 3 rings (SSSR count). The van der Waals surface area contributed by atoms with Gasteiger partial charge in [0.15, 0.2) is 0 Å². The van der Waals surface area contributed by atoms with Crippen molar-refractivity contribution in [3.8, 4) is 0 Å². The molecule has 20 heavy (non-hydrogen) atoms. The molecule has 5 heteroatoms. The Morgan fingerprint density at radius 2 is 2.05 bits per heavy atom. The fourth-order valence-corrected chi connectivity index (χ4v) is 2.47. The van der Waals surface area contributed by atoms with Gasteiger partial charge in [-0.25, -0.2) is 4.98 Å². The van der Waals surface area contributed by atoms with Crippen LogP contribution >= 0.6 is 11.6 Å². The van der Waals surface area contributed by atoms with E-state index in [-0.39, 0.29) is 11.9 Å². The zero-order valence-electron chi connectivity index (χ0n) is 10.8. The third kappa shape index (κ3) is 2.75. The third-order valence-corrected chi connectivity index (χ3v) is 3.51. The van der Waals surface area contributed by atoms with Crippen molar-refractivity contribution in [3.05, 3.63) is 53.2 Å². The smallest absolute Gasteiger partial charge is 0.224 e. The van der Waals surface area contributed by atoms with Crippen molar-refractivity contribution < 1.29 is 4.79 Å². The van der Waals surface area contributed by atoms with Gasteiger partial charge in [0.2, 0.25) is 5.91 Å². The number of amides is 1. The molecule has 102 valence electrons. The number of aromatic nitrogens is 1. The van der Waals surface area contributed by atoms with Crippen LogP contribution in [0.2, 0.25) is 5.02 Å². The average Bonchev–Trinajstić information content (AvgIpc) is 2.44. The summed E-state index contributed by atoms with van der Waals surface area (Å²) in [5, 5.41) is 6.71. The van der Waals surface area contributed by atoms with E-state index in [0.29, 0.717) is 22.9 Å². The summed E-state index contributed by atoms with van der Waals surface area (Å²) < 4.78 is 0. The summed E-state index contributed by atoms with van der Waals surface area (Å²) in [5.41, 5.74) is 1.77. The van der Waals surface area contributed by atoms with E-state index in [4.69, 9.17) is 11.6 Å². The predicted octanol–water partition coefficient (Wildman–Crippen LogP) is 3.62. The van der Waals surface area contributed by atoms with Crippen molar-refractivity contribution >= 4 is 29.0 Å². The first-order chi connectivity index (χ1) is 9.72. The van der Waals surface area contributed by atoms with E-state index in [1.165, 1.54) is 0 Å². The molecule has 0 radical (unpaired) electrons. The predicted molar refractivity (Wildman–Crippen MR) is 79.9 cm³/mol. The molecule has 0 fully saturated rings. The van der Waals surface area contributed by atoms with Crippen LogP contribution in [-0.4, -0.2) is 10.9 Å². The van der Waals surface area contributed by atoms with Crippen LogP contribution in [0.5, 0.6) is 0 Å². The first-order valence-electron chi connectivity index (χ1n) is 6.49. The second-order valence-corrected chi connectivity index (χ2v) is 5.18. The number of carbonyl (C=O) groups excluding carboxylic acids is 1. The summed E-state index contributed by atoms with van der Waals surface area (Å²) >= 11 is 5.93. The van der Waals surface area contributed by atoms with Crippen molar-refractivity contribution in [2.24, 2.45) is 0 Å². The van der Waals surface area contributed by atoms with Crippen molar-refractivity contribution in [2.75, 3.05) is 10.6 Å². The number of benzene rings is 1. The van der Waals surface area contributed by atoms with Crippen LogP contribution in [0.4, 0.5) is 11.5 Å². The minimum atomic E-state index is -0.0160. The standard InChI is InChI=1S/C15H14ClN3O/c16-11-8-13-15(17-9-11)19-12(6-7-14(20)18-13)10-4-2-1-3-5-10/h1-5,8-9,12H,6-7H2,(H,17,19)(H,18,20). The van der Waals surface area contributed by atoms with Gasteiger partial charge in [0.1, 0.15) is 5.82 Å². The van der Waals surface area contributed by atoms with E-state index in [1.54, 1.807) is 12.3 Å². The number of hydrogen-bond donors (Lipinski definition) is 2. The van der Waals surface area contributed by atoms with Gasteiger partial charge in [0, 0.05) is 12.6 Å². The zero-order chi connectivity index (χ0) is 13.9. The number of rotatable bonds is 1. The van der Waals surface area contributed by atoms with E-state index < -0.39 is 0 Å². The van der Waals surface area contributed by atoms with Crippen molar-refractivity contribution in [3.63, 3.8) is 0 Å². The van der Waals surface area contributed by atoms with Gasteiger partial charge < -0.3 is 10.6 Å². The number of pyridine rings is 1. The first-order valence-corrected chi connectivity index (χ1v) is 6.87. The largest absolute Gasteiger partial charge is 0.362 e. The molecular formula is C15H14ClN3O. The Kier molecular flexibility index (Phi) is 3.56. The van der Waals surface area contributed by atoms with Gasteiger partial charge in [-0.15, -0.1) is 0 Å². The molecule has 0 bridgehead atoms. The molecule has 4 nitrogen and oxygen atoms in total. The molecule has 0 saturated carbocycles. The minimum Gasteiger partial charge on any atom is -0.362 e. The van der Waals surface area contributed by atoms with Crippen LogP contribution < -0.4 is 10.6 Å². The molecular weight excluding hydrogens is 274 g/mol. The van der Waals surface area contributed by atoms with Gasteiger partial charge >= 0.3 is 0 Å². The lowest BCUT2D eigenvalue weighted by atomic mass is 10.0. The molecule has 1 unspecified atom stereocenters. The molecule has 1 atom stereocenters. The summed E-state index contributed by atoms with van der Waals surface area (Å²) in [7, 11) is 0. The Morgan fingerprint density at radius 3 is 2.85 bits per heavy atom. The molecule has 2 N–H and O–H groups in total. The Bertz CT molecular complexity index is 630. The van der Waals surface area contributed by atoms with Crippen LogP contribution in [0.25, 0.3) is 0 Å². The molecule has 0 aliphatic carbocycles. The summed E-state index contributed by atoms with van der Waals surface area (Å²) in [6.45, 7) is 0. The van der Waals surface area contributed by atoms with Gasteiger partial charge in [0.05, 0.1) is 16.8 Å². The normalized spacial score (nSPS) is 18.2. The van der Waals surface area contributed by atoms with Crippen LogP contribution in [0.1, 0.15) is 24.4 Å². The van der Waals surface area contributed by atoms with Gasteiger partial charge in [-0.1, -0.05) is 41.9 Å². The maximum absolute atomic E-state index is 11.9. The van der Waals surface area contributed by atoms with E-state index >= 15 is 0 Å². The Hall–Kier alpha value is -2.07. The number of carbonyl (C=O) groups is 1. The second kappa shape index (κ2) is 5.51. The van der Waals surface area contributed by atoms with E-state index in [2.05, 4.69) is 15.6 Å². The summed E-state index contributed by atoms with van der Waals surface area (Å²) in [6.07, 6.45) is 2.75. The molecule has 2 aromatic rings. The lowest BCUT2D eigenvalue weighted by Crippen LogP contribution is -2.22. The molecule has 1 amide bonds. The van der Waals surface area contributed by atoms with Crippen LogP contribution in [0.3, 0.4) is 0 Å². The van der Waals surface area contributed by atoms with Gasteiger partial charge in [0.25, 0.3) is 0 Å². The molecule has 1 aromatic carbocycles. The number of hydrogen-bond acceptors (Lipinski definition) is 3. The first kappa shape index (κ1) is 12.9. The summed E-state index contributed by atoms with van der Waals surface area (Å²) in [4.78, 5) is 16.1. The summed E-state index contributed by atoms with van der Waals surface area (Å²) in [5.74, 6) is 0.633. The number of halogens is 1. The van der Waals surface area contributed by atoms with Gasteiger partial charge in [-0.3, -0.25) is 4.79 Å². The highest BCUT2D eigenvalue weighted by molar-refractivity contribution is 6.30. The van der Waals surface area contributed by atoms with Crippen molar-refractivity contribution in [1.82, 2.24) is 4.98 Å². The quantitative estimate of drug-likeness (QED) is 0.842. The second-order valence-electron chi connectivity index (χ2n) is 4.74. The molecule has 0 spiro atoms.